The van der Waals surface area contributed by atoms with Gasteiger partial charge in [-0.1, -0.05) is 13.8 Å². The van der Waals surface area contributed by atoms with Crippen LogP contribution in [-0.4, -0.2) is 25.0 Å². The van der Waals surface area contributed by atoms with Gasteiger partial charge in [-0.25, -0.2) is 0 Å². The maximum absolute atomic E-state index is 11.1. The molecule has 3 heteroatoms. The van der Waals surface area contributed by atoms with Gasteiger partial charge in [-0.3, -0.25) is 4.79 Å². The first-order valence-corrected chi connectivity index (χ1v) is 4.68. The number of hydrogen-bond acceptors (Lipinski definition) is 2. The molecule has 1 aliphatic rings. The van der Waals surface area contributed by atoms with Crippen molar-refractivity contribution >= 4 is 5.91 Å². The Bertz CT molecular complexity index is 153. The SMILES string of the molecule is CC(C)CNCC(=O)NC1CC1. The Hall–Kier alpha value is -0.570. The van der Waals surface area contributed by atoms with Crippen molar-refractivity contribution in [2.45, 2.75) is 32.7 Å². The normalized spacial score (nSPS) is 16.6. The summed E-state index contributed by atoms with van der Waals surface area (Å²) in [5.74, 6) is 0.747. The fraction of sp³-hybridized carbons (Fsp3) is 0.889. The van der Waals surface area contributed by atoms with Crippen molar-refractivity contribution in [1.29, 1.82) is 0 Å². The maximum atomic E-state index is 11.1. The molecular weight excluding hydrogens is 152 g/mol. The van der Waals surface area contributed by atoms with Crippen LogP contribution < -0.4 is 10.6 Å². The molecule has 3 nitrogen and oxygen atoms in total. The number of hydrogen-bond donors (Lipinski definition) is 2. The molecular formula is C9H18N2O. The van der Waals surface area contributed by atoms with Crippen molar-refractivity contribution in [2.24, 2.45) is 5.92 Å². The standard InChI is InChI=1S/C9H18N2O/c1-7(2)5-10-6-9(12)11-8-3-4-8/h7-8,10H,3-6H2,1-2H3,(H,11,12). The summed E-state index contributed by atoms with van der Waals surface area (Å²) in [6, 6.07) is 0.485. The van der Waals surface area contributed by atoms with E-state index in [-0.39, 0.29) is 5.91 Å². The highest BCUT2D eigenvalue weighted by molar-refractivity contribution is 5.78. The van der Waals surface area contributed by atoms with E-state index < -0.39 is 0 Å². The van der Waals surface area contributed by atoms with Crippen LogP contribution in [0.1, 0.15) is 26.7 Å². The van der Waals surface area contributed by atoms with Gasteiger partial charge in [0.25, 0.3) is 0 Å². The smallest absolute Gasteiger partial charge is 0.234 e. The topological polar surface area (TPSA) is 41.1 Å². The predicted molar refractivity (Wildman–Crippen MR) is 48.9 cm³/mol. The first-order chi connectivity index (χ1) is 5.68. The van der Waals surface area contributed by atoms with Gasteiger partial charge in [0.15, 0.2) is 0 Å². The van der Waals surface area contributed by atoms with Gasteiger partial charge in [0.1, 0.15) is 0 Å². The van der Waals surface area contributed by atoms with Crippen LogP contribution in [0.25, 0.3) is 0 Å². The number of nitrogens with one attached hydrogen (secondary N) is 2. The zero-order valence-electron chi connectivity index (χ0n) is 7.89. The molecule has 1 rings (SSSR count). The van der Waals surface area contributed by atoms with Crippen LogP contribution >= 0.6 is 0 Å². The zero-order chi connectivity index (χ0) is 8.97. The largest absolute Gasteiger partial charge is 0.352 e. The van der Waals surface area contributed by atoms with Crippen LogP contribution in [0.2, 0.25) is 0 Å². The number of rotatable bonds is 5. The minimum atomic E-state index is 0.137. The summed E-state index contributed by atoms with van der Waals surface area (Å²) in [7, 11) is 0. The molecule has 0 aromatic carbocycles. The quantitative estimate of drug-likeness (QED) is 0.631. The van der Waals surface area contributed by atoms with E-state index in [1.54, 1.807) is 0 Å². The monoisotopic (exact) mass is 170 g/mol. The Kier molecular flexibility index (Phi) is 3.53. The average Bonchev–Trinajstić information content (AvgIpc) is 2.70. The summed E-state index contributed by atoms with van der Waals surface area (Å²) >= 11 is 0. The minimum Gasteiger partial charge on any atom is -0.352 e. The lowest BCUT2D eigenvalue weighted by molar-refractivity contribution is -0.120. The summed E-state index contributed by atoms with van der Waals surface area (Å²) in [5.41, 5.74) is 0. The average molecular weight is 170 g/mol. The summed E-state index contributed by atoms with van der Waals surface area (Å²) in [6.45, 7) is 5.64. The van der Waals surface area contributed by atoms with Crippen LogP contribution in [-0.2, 0) is 4.79 Å². The molecule has 0 aromatic heterocycles. The molecule has 0 aromatic rings. The second kappa shape index (κ2) is 4.45. The van der Waals surface area contributed by atoms with E-state index in [0.717, 1.165) is 19.4 Å². The number of carbonyl (C=O) groups is 1. The molecule has 0 saturated heterocycles. The van der Waals surface area contributed by atoms with Gasteiger partial charge in [0.2, 0.25) is 5.91 Å². The van der Waals surface area contributed by atoms with Crippen LogP contribution in [0.5, 0.6) is 0 Å². The lowest BCUT2D eigenvalue weighted by Gasteiger charge is -2.07. The highest BCUT2D eigenvalue weighted by Gasteiger charge is 2.22. The fourth-order valence-corrected chi connectivity index (χ4v) is 0.981. The molecule has 1 aliphatic carbocycles. The Labute approximate surface area is 73.9 Å². The van der Waals surface area contributed by atoms with Crippen LogP contribution in [0.4, 0.5) is 0 Å². The van der Waals surface area contributed by atoms with Gasteiger partial charge in [-0.2, -0.15) is 0 Å². The van der Waals surface area contributed by atoms with Crippen molar-refractivity contribution in [3.8, 4) is 0 Å². The Morgan fingerprint density at radius 1 is 1.50 bits per heavy atom. The minimum absolute atomic E-state index is 0.137. The number of carbonyl (C=O) groups excluding carboxylic acids is 1. The van der Waals surface area contributed by atoms with Crippen molar-refractivity contribution in [3.63, 3.8) is 0 Å². The summed E-state index contributed by atoms with van der Waals surface area (Å²) in [5, 5.41) is 6.03. The molecule has 0 aliphatic heterocycles. The second-order valence-corrected chi connectivity index (χ2v) is 3.87. The maximum Gasteiger partial charge on any atom is 0.234 e. The van der Waals surface area contributed by atoms with Crippen molar-refractivity contribution in [2.75, 3.05) is 13.1 Å². The van der Waals surface area contributed by atoms with Crippen LogP contribution in [0, 0.1) is 5.92 Å². The highest BCUT2D eigenvalue weighted by atomic mass is 16.2. The first-order valence-electron chi connectivity index (χ1n) is 4.68. The molecule has 12 heavy (non-hydrogen) atoms. The van der Waals surface area contributed by atoms with E-state index in [4.69, 9.17) is 0 Å². The van der Waals surface area contributed by atoms with Gasteiger partial charge >= 0.3 is 0 Å². The first kappa shape index (κ1) is 9.52. The molecule has 2 N–H and O–H groups in total. The van der Waals surface area contributed by atoms with Gasteiger partial charge in [-0.15, -0.1) is 0 Å². The van der Waals surface area contributed by atoms with Gasteiger partial charge < -0.3 is 10.6 Å². The molecule has 0 heterocycles. The van der Waals surface area contributed by atoms with E-state index in [1.165, 1.54) is 0 Å². The molecule has 0 bridgehead atoms. The molecule has 1 saturated carbocycles. The molecule has 70 valence electrons. The molecule has 1 fully saturated rings. The number of amides is 1. The fourth-order valence-electron chi connectivity index (χ4n) is 0.981. The Balaban J connectivity index is 1.94. The van der Waals surface area contributed by atoms with Gasteiger partial charge in [0, 0.05) is 6.04 Å². The lowest BCUT2D eigenvalue weighted by atomic mass is 10.2. The summed E-state index contributed by atoms with van der Waals surface area (Å²) < 4.78 is 0. The molecule has 0 atom stereocenters. The van der Waals surface area contributed by atoms with E-state index in [0.29, 0.717) is 18.5 Å². The molecule has 0 spiro atoms. The third-order valence-corrected chi connectivity index (χ3v) is 1.78. The molecule has 0 unspecified atom stereocenters. The van der Waals surface area contributed by atoms with Crippen LogP contribution in [0.3, 0.4) is 0 Å². The summed E-state index contributed by atoms with van der Waals surface area (Å²) in [4.78, 5) is 11.1. The third-order valence-electron chi connectivity index (χ3n) is 1.78. The lowest BCUT2D eigenvalue weighted by Crippen LogP contribution is -2.36. The Morgan fingerprint density at radius 2 is 2.17 bits per heavy atom. The van der Waals surface area contributed by atoms with Gasteiger partial charge in [-0.05, 0) is 25.3 Å². The summed E-state index contributed by atoms with van der Waals surface area (Å²) in [6.07, 6.45) is 2.33. The van der Waals surface area contributed by atoms with Crippen LogP contribution in [0.15, 0.2) is 0 Å². The van der Waals surface area contributed by atoms with E-state index in [2.05, 4.69) is 24.5 Å². The highest BCUT2D eigenvalue weighted by Crippen LogP contribution is 2.18. The molecule has 0 radical (unpaired) electrons. The van der Waals surface area contributed by atoms with Crippen molar-refractivity contribution < 1.29 is 4.79 Å². The van der Waals surface area contributed by atoms with Gasteiger partial charge in [0.05, 0.1) is 6.54 Å². The predicted octanol–water partition coefficient (Wildman–Crippen LogP) is 0.511. The van der Waals surface area contributed by atoms with E-state index in [1.807, 2.05) is 0 Å². The third kappa shape index (κ3) is 4.34. The second-order valence-electron chi connectivity index (χ2n) is 3.87. The van der Waals surface area contributed by atoms with E-state index >= 15 is 0 Å². The Morgan fingerprint density at radius 3 is 2.67 bits per heavy atom. The van der Waals surface area contributed by atoms with Crippen molar-refractivity contribution in [3.05, 3.63) is 0 Å². The van der Waals surface area contributed by atoms with Crippen molar-refractivity contribution in [1.82, 2.24) is 10.6 Å². The van der Waals surface area contributed by atoms with E-state index in [9.17, 15) is 4.79 Å². The molecule has 1 amide bonds. The zero-order valence-corrected chi connectivity index (χ0v) is 7.89.